The molecular weight excluding hydrogens is 256 g/mol. The topological polar surface area (TPSA) is 54.2 Å². The maximum Gasteiger partial charge on any atom is 0.0941 e. The Hall–Kier alpha value is -0.490. The summed E-state index contributed by atoms with van der Waals surface area (Å²) >= 11 is 1.74. The van der Waals surface area contributed by atoms with Crippen LogP contribution < -0.4 is 11.3 Å². The molecule has 1 aliphatic heterocycles. The number of nitrogens with two attached hydrogens (primary N) is 1. The van der Waals surface area contributed by atoms with Crippen molar-refractivity contribution in [3.05, 3.63) is 16.6 Å². The smallest absolute Gasteiger partial charge is 0.0941 e. The minimum absolute atomic E-state index is 0.275. The highest BCUT2D eigenvalue weighted by Gasteiger charge is 2.46. The molecule has 0 bridgehead atoms. The van der Waals surface area contributed by atoms with Gasteiger partial charge in [-0.25, -0.2) is 4.98 Å². The van der Waals surface area contributed by atoms with Gasteiger partial charge in [-0.2, -0.15) is 0 Å². The number of hydrogen-bond acceptors (Lipinski definition) is 5. The van der Waals surface area contributed by atoms with Crippen LogP contribution in [0.5, 0.6) is 0 Å². The summed E-state index contributed by atoms with van der Waals surface area (Å²) < 4.78 is 0. The number of thiazole rings is 1. The zero-order chi connectivity index (χ0) is 13.1. The van der Waals surface area contributed by atoms with E-state index in [0.29, 0.717) is 6.04 Å². The molecule has 0 aromatic carbocycles. The van der Waals surface area contributed by atoms with Crippen molar-refractivity contribution in [3.8, 4) is 0 Å². The van der Waals surface area contributed by atoms with Crippen LogP contribution in [-0.2, 0) is 6.42 Å². The molecule has 1 saturated heterocycles. The Kier molecular flexibility index (Phi) is 4.17. The Morgan fingerprint density at radius 3 is 2.63 bits per heavy atom. The number of hydrogen-bond donors (Lipinski definition) is 2. The van der Waals surface area contributed by atoms with E-state index in [2.05, 4.69) is 20.7 Å². The number of likely N-dealkylation sites (tertiary alicyclic amines) is 1. The Balaban J connectivity index is 1.80. The van der Waals surface area contributed by atoms with E-state index in [-0.39, 0.29) is 5.54 Å². The highest BCUT2D eigenvalue weighted by Crippen LogP contribution is 2.40. The van der Waals surface area contributed by atoms with E-state index in [1.54, 1.807) is 11.3 Å². The van der Waals surface area contributed by atoms with Gasteiger partial charge >= 0.3 is 0 Å². The predicted molar refractivity (Wildman–Crippen MR) is 78.9 cm³/mol. The van der Waals surface area contributed by atoms with Crippen molar-refractivity contribution in [2.24, 2.45) is 5.84 Å². The zero-order valence-electron chi connectivity index (χ0n) is 11.5. The van der Waals surface area contributed by atoms with Crippen molar-refractivity contribution >= 4 is 11.3 Å². The van der Waals surface area contributed by atoms with Gasteiger partial charge in [0.2, 0.25) is 0 Å². The summed E-state index contributed by atoms with van der Waals surface area (Å²) in [6.45, 7) is 2.49. The third-order valence-electron chi connectivity index (χ3n) is 4.92. The number of rotatable bonds is 5. The molecule has 0 radical (unpaired) electrons. The maximum absolute atomic E-state index is 5.92. The van der Waals surface area contributed by atoms with Gasteiger partial charge in [0.15, 0.2) is 0 Å². The van der Waals surface area contributed by atoms with Crippen molar-refractivity contribution in [1.82, 2.24) is 15.3 Å². The predicted octanol–water partition coefficient (Wildman–Crippen LogP) is 1.93. The van der Waals surface area contributed by atoms with Gasteiger partial charge in [-0.1, -0.05) is 12.8 Å². The highest BCUT2D eigenvalue weighted by atomic mass is 32.1. The molecule has 2 aliphatic rings. The summed E-state index contributed by atoms with van der Waals surface area (Å²) in [4.78, 5) is 7.14. The zero-order valence-corrected chi connectivity index (χ0v) is 12.3. The minimum Gasteiger partial charge on any atom is -0.296 e. The molecule has 3 N–H and O–H groups in total. The van der Waals surface area contributed by atoms with Crippen LogP contribution in [0.4, 0.5) is 0 Å². The molecule has 0 spiro atoms. The minimum atomic E-state index is 0.275. The van der Waals surface area contributed by atoms with Gasteiger partial charge in [0.1, 0.15) is 0 Å². The van der Waals surface area contributed by atoms with Gasteiger partial charge in [-0.3, -0.25) is 16.2 Å². The molecule has 3 rings (SSSR count). The molecule has 19 heavy (non-hydrogen) atoms. The Morgan fingerprint density at radius 2 is 2.05 bits per heavy atom. The van der Waals surface area contributed by atoms with Crippen molar-refractivity contribution < 1.29 is 0 Å². The highest BCUT2D eigenvalue weighted by molar-refractivity contribution is 7.09. The molecule has 1 aromatic heterocycles. The molecule has 2 heterocycles. The van der Waals surface area contributed by atoms with E-state index in [1.807, 2.05) is 6.20 Å². The molecule has 4 nitrogen and oxygen atoms in total. The SMILES string of the molecule is NNC(Cc1nccs1)C1(N2CCCC2)CCCC1. The molecule has 2 fully saturated rings. The molecular formula is C14H24N4S. The van der Waals surface area contributed by atoms with Gasteiger partial charge in [0.25, 0.3) is 0 Å². The van der Waals surface area contributed by atoms with Crippen LogP contribution in [0.2, 0.25) is 0 Å². The largest absolute Gasteiger partial charge is 0.296 e. The fraction of sp³-hybridized carbons (Fsp3) is 0.786. The van der Waals surface area contributed by atoms with E-state index in [9.17, 15) is 0 Å². The molecule has 5 heteroatoms. The van der Waals surface area contributed by atoms with E-state index < -0.39 is 0 Å². The van der Waals surface area contributed by atoms with Gasteiger partial charge in [0, 0.05) is 29.6 Å². The van der Waals surface area contributed by atoms with Crippen LogP contribution in [-0.4, -0.2) is 34.6 Å². The quantitative estimate of drug-likeness (QED) is 0.639. The Labute approximate surface area is 119 Å². The van der Waals surface area contributed by atoms with Gasteiger partial charge < -0.3 is 0 Å². The van der Waals surface area contributed by atoms with Crippen molar-refractivity contribution in [2.75, 3.05) is 13.1 Å². The van der Waals surface area contributed by atoms with Gasteiger partial charge in [-0.15, -0.1) is 11.3 Å². The van der Waals surface area contributed by atoms with Gasteiger partial charge in [0.05, 0.1) is 5.01 Å². The summed E-state index contributed by atoms with van der Waals surface area (Å²) in [5.74, 6) is 5.92. The monoisotopic (exact) mass is 280 g/mol. The van der Waals surface area contributed by atoms with E-state index in [0.717, 1.165) is 6.42 Å². The van der Waals surface area contributed by atoms with Crippen LogP contribution in [0, 0.1) is 0 Å². The van der Waals surface area contributed by atoms with Crippen molar-refractivity contribution in [1.29, 1.82) is 0 Å². The number of aromatic nitrogens is 1. The van der Waals surface area contributed by atoms with Crippen molar-refractivity contribution in [2.45, 2.75) is 56.5 Å². The first-order valence-corrected chi connectivity index (χ1v) is 8.33. The summed E-state index contributed by atoms with van der Waals surface area (Å²) in [6.07, 6.45) is 10.8. The van der Waals surface area contributed by atoms with Crippen LogP contribution in [0.3, 0.4) is 0 Å². The summed E-state index contributed by atoms with van der Waals surface area (Å²) in [6, 6.07) is 0.333. The normalized spacial score (nSPS) is 24.9. The molecule has 106 valence electrons. The third-order valence-corrected chi connectivity index (χ3v) is 5.72. The number of nitrogens with one attached hydrogen (secondary N) is 1. The number of hydrazine groups is 1. The first-order chi connectivity index (χ1) is 9.35. The Bertz CT molecular complexity index is 380. The molecule has 1 atom stereocenters. The molecule has 1 aromatic rings. The lowest BCUT2D eigenvalue weighted by Crippen LogP contribution is -2.61. The molecule has 1 unspecified atom stereocenters. The second-order valence-corrected chi connectivity index (χ2v) is 6.83. The van der Waals surface area contributed by atoms with Gasteiger partial charge in [-0.05, 0) is 38.8 Å². The van der Waals surface area contributed by atoms with Crippen LogP contribution >= 0.6 is 11.3 Å². The first kappa shape index (κ1) is 13.5. The van der Waals surface area contributed by atoms with Crippen LogP contribution in [0.15, 0.2) is 11.6 Å². The standard InChI is InChI=1S/C14H24N4S/c15-17-12(11-13-16-7-10-19-13)14(5-1-2-6-14)18-8-3-4-9-18/h7,10,12,17H,1-6,8-9,11,15H2. The summed E-state index contributed by atoms with van der Waals surface area (Å²) in [7, 11) is 0. The average Bonchev–Trinajstić information content (AvgIpc) is 3.15. The fourth-order valence-corrected chi connectivity index (χ4v) is 4.63. The van der Waals surface area contributed by atoms with E-state index in [4.69, 9.17) is 5.84 Å². The molecule has 1 aliphatic carbocycles. The van der Waals surface area contributed by atoms with Crippen LogP contribution in [0.25, 0.3) is 0 Å². The third kappa shape index (κ3) is 2.57. The Morgan fingerprint density at radius 1 is 1.32 bits per heavy atom. The lowest BCUT2D eigenvalue weighted by Gasteiger charge is -2.44. The number of nitrogens with zero attached hydrogens (tertiary/aromatic N) is 2. The van der Waals surface area contributed by atoms with E-state index >= 15 is 0 Å². The summed E-state index contributed by atoms with van der Waals surface area (Å²) in [5.41, 5.74) is 3.40. The fourth-order valence-electron chi connectivity index (χ4n) is 3.97. The van der Waals surface area contributed by atoms with Crippen molar-refractivity contribution in [3.63, 3.8) is 0 Å². The second-order valence-electron chi connectivity index (χ2n) is 5.85. The maximum atomic E-state index is 5.92. The molecule has 0 amide bonds. The lowest BCUT2D eigenvalue weighted by molar-refractivity contribution is 0.0766. The second kappa shape index (κ2) is 5.87. The average molecular weight is 280 g/mol. The lowest BCUT2D eigenvalue weighted by atomic mass is 9.84. The van der Waals surface area contributed by atoms with E-state index in [1.165, 1.54) is 56.6 Å². The van der Waals surface area contributed by atoms with Crippen LogP contribution in [0.1, 0.15) is 43.5 Å². The molecule has 1 saturated carbocycles. The first-order valence-electron chi connectivity index (χ1n) is 7.45. The summed E-state index contributed by atoms with van der Waals surface area (Å²) in [5, 5.41) is 3.26.